The monoisotopic (exact) mass is 437 g/mol. The largest absolute Gasteiger partial charge is 0.507 e. The third kappa shape index (κ3) is 5.19. The van der Waals surface area contributed by atoms with Crippen LogP contribution in [0.15, 0.2) is 54.1 Å². The van der Waals surface area contributed by atoms with Crippen molar-refractivity contribution in [3.05, 3.63) is 70.8 Å². The van der Waals surface area contributed by atoms with Gasteiger partial charge in [0.1, 0.15) is 11.5 Å². The van der Waals surface area contributed by atoms with Crippen molar-refractivity contribution in [2.75, 3.05) is 19.8 Å². The Hall–Kier alpha value is -3.12. The molecule has 32 heavy (non-hydrogen) atoms. The summed E-state index contributed by atoms with van der Waals surface area (Å²) >= 11 is 0. The lowest BCUT2D eigenvalue weighted by Crippen LogP contribution is -2.33. The number of carbonyl (C=O) groups excluding carboxylic acids is 2. The maximum absolute atomic E-state index is 13.1. The molecule has 1 unspecified atom stereocenters. The van der Waals surface area contributed by atoms with Gasteiger partial charge in [-0.05, 0) is 44.9 Å². The number of ether oxygens (including phenoxy) is 2. The molecule has 1 heterocycles. The molecule has 3 rings (SSSR count). The second-order valence-electron chi connectivity index (χ2n) is 8.20. The summed E-state index contributed by atoms with van der Waals surface area (Å²) in [5.41, 5.74) is 2.29. The van der Waals surface area contributed by atoms with E-state index in [9.17, 15) is 14.7 Å². The van der Waals surface area contributed by atoms with Gasteiger partial charge in [0.25, 0.3) is 11.7 Å². The van der Waals surface area contributed by atoms with Crippen LogP contribution in [0.5, 0.6) is 5.75 Å². The predicted molar refractivity (Wildman–Crippen MR) is 124 cm³/mol. The zero-order valence-electron chi connectivity index (χ0n) is 19.1. The number of hydrogen-bond acceptors (Lipinski definition) is 5. The molecular formula is C26H31NO5. The lowest BCUT2D eigenvalue weighted by Gasteiger charge is -2.26. The maximum atomic E-state index is 13.1. The Morgan fingerprint density at radius 2 is 1.84 bits per heavy atom. The molecule has 1 saturated heterocycles. The van der Waals surface area contributed by atoms with Crippen LogP contribution in [0.25, 0.3) is 5.76 Å². The zero-order valence-corrected chi connectivity index (χ0v) is 19.1. The number of ketones is 1. The summed E-state index contributed by atoms with van der Waals surface area (Å²) in [6, 6.07) is 13.9. The molecule has 0 spiro atoms. The highest BCUT2D eigenvalue weighted by Crippen LogP contribution is 2.39. The second-order valence-corrected chi connectivity index (χ2v) is 8.20. The topological polar surface area (TPSA) is 76.1 Å². The molecule has 1 atom stereocenters. The van der Waals surface area contributed by atoms with Gasteiger partial charge in [0.15, 0.2) is 0 Å². The Kier molecular flexibility index (Phi) is 7.70. The molecule has 1 amide bonds. The van der Waals surface area contributed by atoms with Crippen LogP contribution < -0.4 is 4.74 Å². The first-order valence-corrected chi connectivity index (χ1v) is 11.0. The van der Waals surface area contributed by atoms with Crippen LogP contribution in [0.2, 0.25) is 0 Å². The van der Waals surface area contributed by atoms with Gasteiger partial charge >= 0.3 is 0 Å². The molecule has 0 aliphatic carbocycles. The van der Waals surface area contributed by atoms with E-state index in [4.69, 9.17) is 9.47 Å². The minimum absolute atomic E-state index is 0.00935. The molecule has 1 aliphatic heterocycles. The van der Waals surface area contributed by atoms with Crippen molar-refractivity contribution in [3.63, 3.8) is 0 Å². The van der Waals surface area contributed by atoms with Gasteiger partial charge in [0, 0.05) is 12.1 Å². The molecule has 6 heteroatoms. The average molecular weight is 438 g/mol. The van der Waals surface area contributed by atoms with Gasteiger partial charge in [-0.25, -0.2) is 0 Å². The molecule has 0 radical (unpaired) electrons. The number of hydrogen-bond donors (Lipinski definition) is 1. The number of rotatable bonds is 9. The summed E-state index contributed by atoms with van der Waals surface area (Å²) in [4.78, 5) is 27.5. The second kappa shape index (κ2) is 10.5. The first-order chi connectivity index (χ1) is 15.3. The van der Waals surface area contributed by atoms with Crippen LogP contribution in [0.1, 0.15) is 49.9 Å². The van der Waals surface area contributed by atoms with Crippen LogP contribution >= 0.6 is 0 Å². The van der Waals surface area contributed by atoms with Crippen LogP contribution in [0, 0.1) is 6.92 Å². The Bertz CT molecular complexity index is 1010. The lowest BCUT2D eigenvalue weighted by molar-refractivity contribution is -0.140. The number of Topliss-reactive ketones (excluding diaryl/α,β-unsaturated/α-hetero) is 1. The number of likely N-dealkylation sites (tertiary alicyclic amines) is 1. The smallest absolute Gasteiger partial charge is 0.295 e. The van der Waals surface area contributed by atoms with Gasteiger partial charge in [-0.1, -0.05) is 48.9 Å². The highest BCUT2D eigenvalue weighted by Gasteiger charge is 2.45. The normalized spacial score (nSPS) is 17.9. The molecule has 2 aromatic carbocycles. The molecule has 1 aliphatic rings. The van der Waals surface area contributed by atoms with Crippen LogP contribution in [-0.4, -0.2) is 47.6 Å². The third-order valence-corrected chi connectivity index (χ3v) is 5.26. The van der Waals surface area contributed by atoms with Gasteiger partial charge < -0.3 is 19.5 Å². The fraction of sp³-hybridized carbons (Fsp3) is 0.385. The van der Waals surface area contributed by atoms with Crippen molar-refractivity contribution in [1.29, 1.82) is 0 Å². The highest BCUT2D eigenvalue weighted by atomic mass is 16.5. The zero-order chi connectivity index (χ0) is 23.3. The summed E-state index contributed by atoms with van der Waals surface area (Å²) in [6.07, 6.45) is 0.864. The van der Waals surface area contributed by atoms with Gasteiger partial charge in [-0.3, -0.25) is 9.59 Å². The Morgan fingerprint density at radius 1 is 1.09 bits per heavy atom. The fourth-order valence-electron chi connectivity index (χ4n) is 3.79. The third-order valence-electron chi connectivity index (χ3n) is 5.26. The fourth-order valence-corrected chi connectivity index (χ4v) is 3.79. The summed E-state index contributed by atoms with van der Waals surface area (Å²) in [6.45, 7) is 8.89. The van der Waals surface area contributed by atoms with Crippen molar-refractivity contribution < 1.29 is 24.2 Å². The van der Waals surface area contributed by atoms with E-state index in [1.54, 1.807) is 24.3 Å². The van der Waals surface area contributed by atoms with E-state index < -0.39 is 17.7 Å². The number of carbonyl (C=O) groups is 2. The van der Waals surface area contributed by atoms with Gasteiger partial charge in [0.2, 0.25) is 0 Å². The standard InChI is InChI=1S/C26H31NO5/c1-5-13-32-21-11-7-10-20(16-21)24(28)22-23(19-9-6-8-18(4)15-19)27(26(30)25(22)29)12-14-31-17(2)3/h6-11,15-17,23,28H,5,12-14H2,1-4H3/b24-22-. The van der Waals surface area contributed by atoms with E-state index in [0.717, 1.165) is 17.5 Å². The molecule has 1 fully saturated rings. The van der Waals surface area contributed by atoms with E-state index in [1.807, 2.05) is 52.0 Å². The van der Waals surface area contributed by atoms with Gasteiger partial charge in [-0.2, -0.15) is 0 Å². The van der Waals surface area contributed by atoms with E-state index in [0.29, 0.717) is 24.5 Å². The SMILES string of the molecule is CCCOc1cccc(/C(O)=C2/C(=O)C(=O)N(CCOC(C)C)C2c2cccc(C)c2)c1. The maximum Gasteiger partial charge on any atom is 0.295 e. The molecule has 2 aromatic rings. The molecule has 0 aromatic heterocycles. The van der Waals surface area contributed by atoms with Crippen LogP contribution in [0.4, 0.5) is 0 Å². The number of amides is 1. The van der Waals surface area contributed by atoms with Crippen LogP contribution in [0.3, 0.4) is 0 Å². The molecule has 0 saturated carbocycles. The first kappa shape index (κ1) is 23.5. The van der Waals surface area contributed by atoms with E-state index >= 15 is 0 Å². The number of aliphatic hydroxyl groups is 1. The molecule has 0 bridgehead atoms. The number of nitrogens with zero attached hydrogens (tertiary/aromatic N) is 1. The van der Waals surface area contributed by atoms with Crippen molar-refractivity contribution >= 4 is 17.4 Å². The Morgan fingerprint density at radius 3 is 2.53 bits per heavy atom. The van der Waals surface area contributed by atoms with Crippen LogP contribution in [-0.2, 0) is 14.3 Å². The summed E-state index contributed by atoms with van der Waals surface area (Å²) in [5.74, 6) is -0.936. The van der Waals surface area contributed by atoms with Crippen molar-refractivity contribution in [2.45, 2.75) is 46.3 Å². The summed E-state index contributed by atoms with van der Waals surface area (Å²) in [5, 5.41) is 11.2. The molecular weight excluding hydrogens is 406 g/mol. The number of aryl methyl sites for hydroxylation is 1. The van der Waals surface area contributed by atoms with Gasteiger partial charge in [0.05, 0.1) is 30.9 Å². The molecule has 6 nitrogen and oxygen atoms in total. The van der Waals surface area contributed by atoms with Crippen molar-refractivity contribution in [3.8, 4) is 5.75 Å². The highest BCUT2D eigenvalue weighted by molar-refractivity contribution is 6.46. The molecule has 1 N–H and O–H groups in total. The number of benzene rings is 2. The van der Waals surface area contributed by atoms with Crippen molar-refractivity contribution in [1.82, 2.24) is 4.90 Å². The predicted octanol–water partition coefficient (Wildman–Crippen LogP) is 4.63. The van der Waals surface area contributed by atoms with E-state index in [2.05, 4.69) is 0 Å². The van der Waals surface area contributed by atoms with Gasteiger partial charge in [-0.15, -0.1) is 0 Å². The van der Waals surface area contributed by atoms with E-state index in [1.165, 1.54) is 4.90 Å². The molecule has 170 valence electrons. The van der Waals surface area contributed by atoms with E-state index in [-0.39, 0.29) is 24.0 Å². The minimum atomic E-state index is -0.696. The average Bonchev–Trinajstić information content (AvgIpc) is 3.02. The quantitative estimate of drug-likeness (QED) is 0.352. The lowest BCUT2D eigenvalue weighted by atomic mass is 9.94. The summed E-state index contributed by atoms with van der Waals surface area (Å²) < 4.78 is 11.3. The number of aliphatic hydroxyl groups excluding tert-OH is 1. The minimum Gasteiger partial charge on any atom is -0.507 e. The first-order valence-electron chi connectivity index (χ1n) is 11.0. The van der Waals surface area contributed by atoms with Crippen molar-refractivity contribution in [2.24, 2.45) is 0 Å². The Labute approximate surface area is 189 Å². The summed E-state index contributed by atoms with van der Waals surface area (Å²) in [7, 11) is 0. The Balaban J connectivity index is 2.06.